The van der Waals surface area contributed by atoms with Crippen molar-refractivity contribution >= 4 is 46.0 Å². The highest BCUT2D eigenvalue weighted by molar-refractivity contribution is 8.00. The average Bonchev–Trinajstić information content (AvgIpc) is 2.88. The van der Waals surface area contributed by atoms with Crippen molar-refractivity contribution in [2.75, 3.05) is 5.75 Å². The van der Waals surface area contributed by atoms with Crippen molar-refractivity contribution in [3.05, 3.63) is 90.1 Å². The fraction of sp³-hybridized carbons (Fsp3) is 0.174. The largest absolute Gasteiger partial charge is 0.351 e. The number of aromatic nitrogens is 4. The van der Waals surface area contributed by atoms with E-state index in [0.29, 0.717) is 10.6 Å². The van der Waals surface area contributed by atoms with Gasteiger partial charge in [0.15, 0.2) is 11.5 Å². The summed E-state index contributed by atoms with van der Waals surface area (Å²) in [5.41, 5.74) is 0.0163. The van der Waals surface area contributed by atoms with E-state index in [9.17, 15) is 24.5 Å². The molecule has 36 heavy (non-hydrogen) atoms. The van der Waals surface area contributed by atoms with Crippen molar-refractivity contribution in [1.82, 2.24) is 24.4 Å². The Kier molecular flexibility index (Phi) is 7.17. The van der Waals surface area contributed by atoms with Gasteiger partial charge in [-0.05, 0) is 23.8 Å². The van der Waals surface area contributed by atoms with Crippen LogP contribution in [0.5, 0.6) is 0 Å². The van der Waals surface area contributed by atoms with Crippen molar-refractivity contribution in [1.29, 1.82) is 0 Å². The van der Waals surface area contributed by atoms with E-state index < -0.39 is 16.2 Å². The van der Waals surface area contributed by atoms with Crippen LogP contribution in [-0.4, -0.2) is 35.7 Å². The van der Waals surface area contributed by atoms with E-state index >= 15 is 0 Å². The normalized spacial score (nSPS) is 11.0. The number of benzene rings is 2. The van der Waals surface area contributed by atoms with Crippen LogP contribution in [0.3, 0.4) is 0 Å². The zero-order valence-electron chi connectivity index (χ0n) is 19.1. The number of aryl methyl sites for hydroxylation is 1. The van der Waals surface area contributed by atoms with Gasteiger partial charge >= 0.3 is 5.69 Å². The number of amides is 1. The maximum Gasteiger partial charge on any atom is 0.332 e. The summed E-state index contributed by atoms with van der Waals surface area (Å²) in [6.07, 6.45) is 0. The topological polar surface area (TPSA) is 142 Å². The van der Waals surface area contributed by atoms with Gasteiger partial charge in [0.1, 0.15) is 10.4 Å². The van der Waals surface area contributed by atoms with Gasteiger partial charge in [0.25, 0.3) is 11.2 Å². The van der Waals surface area contributed by atoms with E-state index in [-0.39, 0.29) is 45.8 Å². The number of fused-ring (bicyclic) bond motifs is 1. The van der Waals surface area contributed by atoms with Crippen LogP contribution in [0.1, 0.15) is 5.56 Å². The second-order valence-corrected chi connectivity index (χ2v) is 9.09. The number of halogens is 1. The van der Waals surface area contributed by atoms with Gasteiger partial charge < -0.3 is 5.32 Å². The second kappa shape index (κ2) is 10.3. The Balaban J connectivity index is 1.70. The van der Waals surface area contributed by atoms with Crippen LogP contribution in [0, 0.1) is 10.1 Å². The lowest BCUT2D eigenvalue weighted by Gasteiger charge is -2.12. The van der Waals surface area contributed by atoms with E-state index in [2.05, 4.69) is 15.3 Å². The van der Waals surface area contributed by atoms with Gasteiger partial charge in [0, 0.05) is 43.4 Å². The summed E-state index contributed by atoms with van der Waals surface area (Å²) >= 11 is 7.15. The molecule has 0 aliphatic rings. The Hall–Kier alpha value is -4.03. The zero-order valence-corrected chi connectivity index (χ0v) is 20.7. The van der Waals surface area contributed by atoms with Gasteiger partial charge in [0.2, 0.25) is 5.91 Å². The minimum Gasteiger partial charge on any atom is -0.351 e. The van der Waals surface area contributed by atoms with Crippen LogP contribution < -0.4 is 16.6 Å². The minimum absolute atomic E-state index is 0.0672. The maximum atomic E-state index is 12.9. The van der Waals surface area contributed by atoms with Gasteiger partial charge in [-0.3, -0.25) is 28.8 Å². The fourth-order valence-corrected chi connectivity index (χ4v) is 4.46. The number of non-ortho nitro benzene ring substituents is 1. The Morgan fingerprint density at radius 1 is 1.08 bits per heavy atom. The van der Waals surface area contributed by atoms with Crippen LogP contribution in [0.2, 0.25) is 5.02 Å². The molecule has 13 heteroatoms. The van der Waals surface area contributed by atoms with E-state index in [1.807, 2.05) is 6.07 Å². The molecule has 0 bridgehead atoms. The highest BCUT2D eigenvalue weighted by Gasteiger charge is 2.19. The lowest BCUT2D eigenvalue weighted by Crippen LogP contribution is -2.37. The molecular formula is C23H19ClN6O5S. The van der Waals surface area contributed by atoms with Gasteiger partial charge in [-0.2, -0.15) is 0 Å². The second-order valence-electron chi connectivity index (χ2n) is 7.72. The molecule has 11 nitrogen and oxygen atoms in total. The number of thioether (sulfide) groups is 1. The number of carbonyl (C=O) groups excluding carboxylic acids is 1. The van der Waals surface area contributed by atoms with Gasteiger partial charge in [-0.25, -0.2) is 14.8 Å². The molecule has 0 saturated heterocycles. The molecule has 184 valence electrons. The lowest BCUT2D eigenvalue weighted by molar-refractivity contribution is -0.384. The van der Waals surface area contributed by atoms with E-state index in [1.165, 1.54) is 42.9 Å². The van der Waals surface area contributed by atoms with Crippen LogP contribution in [0.25, 0.3) is 22.4 Å². The molecule has 2 aromatic heterocycles. The standard InChI is InChI=1S/C23H19ClN6O5S/c1-28-20-18(22(32)29(2)23(28)33)21(27-19(26-20)13-7-9-15(10-8-13)30(34)35)36-12-17(31)25-11-14-5-3-4-6-16(14)24/h3-10H,11-12H2,1-2H3,(H,25,31). The summed E-state index contributed by atoms with van der Waals surface area (Å²) in [6.45, 7) is 0.230. The number of rotatable bonds is 7. The quantitative estimate of drug-likeness (QED) is 0.168. The van der Waals surface area contributed by atoms with Crippen molar-refractivity contribution in [2.45, 2.75) is 11.6 Å². The van der Waals surface area contributed by atoms with Crippen molar-refractivity contribution in [2.24, 2.45) is 14.1 Å². The third-order valence-corrected chi connectivity index (χ3v) is 6.72. The summed E-state index contributed by atoms with van der Waals surface area (Å²) in [5.74, 6) is -0.229. The molecule has 0 aliphatic heterocycles. The molecule has 0 aliphatic carbocycles. The van der Waals surface area contributed by atoms with E-state index in [1.54, 1.807) is 18.2 Å². The molecular weight excluding hydrogens is 508 g/mol. The van der Waals surface area contributed by atoms with Gasteiger partial charge in [0.05, 0.1) is 10.7 Å². The highest BCUT2D eigenvalue weighted by atomic mass is 35.5. The monoisotopic (exact) mass is 526 g/mol. The number of carbonyl (C=O) groups is 1. The van der Waals surface area contributed by atoms with Crippen molar-refractivity contribution in [3.8, 4) is 11.4 Å². The summed E-state index contributed by atoms with van der Waals surface area (Å²) in [6, 6.07) is 12.7. The summed E-state index contributed by atoms with van der Waals surface area (Å²) < 4.78 is 2.16. The van der Waals surface area contributed by atoms with Gasteiger partial charge in [-0.1, -0.05) is 41.6 Å². The molecule has 4 rings (SSSR count). The van der Waals surface area contributed by atoms with Crippen molar-refractivity contribution < 1.29 is 9.72 Å². The van der Waals surface area contributed by atoms with Gasteiger partial charge in [-0.15, -0.1) is 0 Å². The molecule has 2 heterocycles. The van der Waals surface area contributed by atoms with Crippen LogP contribution in [0.4, 0.5) is 5.69 Å². The molecule has 0 atom stereocenters. The Labute approximate surface area is 212 Å². The smallest absolute Gasteiger partial charge is 0.332 e. The first-order valence-corrected chi connectivity index (χ1v) is 11.9. The molecule has 0 unspecified atom stereocenters. The first-order valence-electron chi connectivity index (χ1n) is 10.5. The summed E-state index contributed by atoms with van der Waals surface area (Å²) in [7, 11) is 2.82. The predicted octanol–water partition coefficient (Wildman–Crippen LogP) is 2.66. The van der Waals surface area contributed by atoms with E-state index in [4.69, 9.17) is 11.6 Å². The molecule has 0 spiro atoms. The Bertz CT molecular complexity index is 1620. The Morgan fingerprint density at radius 2 is 1.78 bits per heavy atom. The number of nitro groups is 1. The zero-order chi connectivity index (χ0) is 26.0. The molecule has 0 saturated carbocycles. The fourth-order valence-electron chi connectivity index (χ4n) is 3.42. The molecule has 1 amide bonds. The number of nitro benzene ring substituents is 1. The molecule has 1 N–H and O–H groups in total. The predicted molar refractivity (Wildman–Crippen MR) is 136 cm³/mol. The Morgan fingerprint density at radius 3 is 2.44 bits per heavy atom. The third-order valence-electron chi connectivity index (χ3n) is 5.38. The van der Waals surface area contributed by atoms with Crippen LogP contribution in [-0.2, 0) is 25.4 Å². The number of hydrogen-bond acceptors (Lipinski definition) is 8. The average molecular weight is 527 g/mol. The van der Waals surface area contributed by atoms with Crippen LogP contribution in [0.15, 0.2) is 63.1 Å². The molecule has 0 fully saturated rings. The highest BCUT2D eigenvalue weighted by Crippen LogP contribution is 2.27. The maximum absolute atomic E-state index is 12.9. The van der Waals surface area contributed by atoms with Crippen molar-refractivity contribution in [3.63, 3.8) is 0 Å². The third kappa shape index (κ3) is 4.99. The molecule has 0 radical (unpaired) electrons. The number of nitrogens with one attached hydrogen (secondary N) is 1. The molecule has 4 aromatic rings. The first kappa shape index (κ1) is 25.1. The first-order chi connectivity index (χ1) is 17.2. The lowest BCUT2D eigenvalue weighted by atomic mass is 10.2. The van der Waals surface area contributed by atoms with Crippen LogP contribution >= 0.6 is 23.4 Å². The summed E-state index contributed by atoms with van der Waals surface area (Å²) in [5, 5.41) is 14.6. The summed E-state index contributed by atoms with van der Waals surface area (Å²) in [4.78, 5) is 57.3. The number of hydrogen-bond donors (Lipinski definition) is 1. The number of nitrogens with zero attached hydrogens (tertiary/aromatic N) is 5. The SMILES string of the molecule is Cn1c(=O)c2c(SCC(=O)NCc3ccccc3Cl)nc(-c3ccc([N+](=O)[O-])cc3)nc2n(C)c1=O. The molecule has 2 aromatic carbocycles. The van der Waals surface area contributed by atoms with E-state index in [0.717, 1.165) is 21.9 Å². The minimum atomic E-state index is -0.595.